The molecule has 0 spiro atoms. The van der Waals surface area contributed by atoms with E-state index in [9.17, 15) is 0 Å². The van der Waals surface area contributed by atoms with E-state index in [1.54, 1.807) is 7.11 Å². The smallest absolute Gasteiger partial charge is 0.119 e. The summed E-state index contributed by atoms with van der Waals surface area (Å²) in [6.07, 6.45) is 6.69. The maximum absolute atomic E-state index is 6.52. The lowest BCUT2D eigenvalue weighted by atomic mass is 10.0. The zero-order valence-corrected chi connectivity index (χ0v) is 18.4. The monoisotopic (exact) mass is 432 g/mol. The number of nitrogens with zero attached hydrogens (tertiary/aromatic N) is 3. The first-order valence-corrected chi connectivity index (χ1v) is 10.7. The van der Waals surface area contributed by atoms with Crippen LogP contribution in [-0.2, 0) is 6.54 Å². The average Bonchev–Trinajstić information content (AvgIpc) is 3.24. The van der Waals surface area contributed by atoms with Crippen molar-refractivity contribution in [3.8, 4) is 22.7 Å². The van der Waals surface area contributed by atoms with Gasteiger partial charge in [-0.1, -0.05) is 36.7 Å². The van der Waals surface area contributed by atoms with Crippen molar-refractivity contribution in [3.05, 3.63) is 95.4 Å². The van der Waals surface area contributed by atoms with Crippen LogP contribution in [0.2, 0.25) is 5.02 Å². The van der Waals surface area contributed by atoms with Crippen molar-refractivity contribution < 1.29 is 4.74 Å². The van der Waals surface area contributed by atoms with E-state index in [-0.39, 0.29) is 6.04 Å². The highest BCUT2D eigenvalue weighted by atomic mass is 35.5. The second kappa shape index (κ2) is 9.77. The highest BCUT2D eigenvalue weighted by Crippen LogP contribution is 2.30. The molecule has 5 nitrogen and oxygen atoms in total. The Kier molecular flexibility index (Phi) is 6.65. The van der Waals surface area contributed by atoms with Gasteiger partial charge in [0.25, 0.3) is 0 Å². The molecule has 0 aliphatic carbocycles. The number of ether oxygens (including phenoxy) is 1. The Morgan fingerprint density at radius 2 is 1.77 bits per heavy atom. The van der Waals surface area contributed by atoms with Gasteiger partial charge in [-0.3, -0.25) is 4.98 Å². The number of halogens is 1. The number of rotatable bonds is 8. The van der Waals surface area contributed by atoms with E-state index < -0.39 is 0 Å². The second-order valence-electron chi connectivity index (χ2n) is 7.25. The number of nitrogens with one attached hydrogen (secondary N) is 1. The Labute approximate surface area is 187 Å². The van der Waals surface area contributed by atoms with Gasteiger partial charge >= 0.3 is 0 Å². The number of methoxy groups -OCH3 is 1. The molecule has 2 aromatic carbocycles. The Hall–Kier alpha value is -3.15. The zero-order chi connectivity index (χ0) is 21.6. The van der Waals surface area contributed by atoms with E-state index in [0.717, 1.165) is 34.7 Å². The van der Waals surface area contributed by atoms with E-state index in [1.807, 2.05) is 65.6 Å². The molecule has 1 N–H and O–H groups in total. The van der Waals surface area contributed by atoms with Gasteiger partial charge < -0.3 is 10.1 Å². The molecule has 1 atom stereocenters. The molecule has 2 heterocycles. The lowest BCUT2D eigenvalue weighted by Gasteiger charge is -2.17. The summed E-state index contributed by atoms with van der Waals surface area (Å²) in [5.74, 6) is 0.812. The van der Waals surface area contributed by atoms with Crippen LogP contribution in [-0.4, -0.2) is 21.9 Å². The van der Waals surface area contributed by atoms with Gasteiger partial charge in [0.1, 0.15) is 5.75 Å². The third-order valence-electron chi connectivity index (χ3n) is 5.31. The summed E-state index contributed by atoms with van der Waals surface area (Å²) < 4.78 is 7.17. The lowest BCUT2D eigenvalue weighted by molar-refractivity contribution is 0.414. The largest absolute Gasteiger partial charge is 0.497 e. The van der Waals surface area contributed by atoms with Crippen molar-refractivity contribution >= 4 is 11.6 Å². The molecule has 0 aliphatic rings. The summed E-state index contributed by atoms with van der Waals surface area (Å²) in [6.45, 7) is 2.84. The fraction of sp³-hybridized carbons (Fsp3) is 0.200. The van der Waals surface area contributed by atoms with Crippen LogP contribution in [0.3, 0.4) is 0 Å². The van der Waals surface area contributed by atoms with Crippen LogP contribution in [0.15, 0.2) is 79.3 Å². The summed E-state index contributed by atoms with van der Waals surface area (Å²) in [4.78, 5) is 4.13. The van der Waals surface area contributed by atoms with Gasteiger partial charge in [0.15, 0.2) is 0 Å². The van der Waals surface area contributed by atoms with Crippen molar-refractivity contribution in [2.45, 2.75) is 25.9 Å². The van der Waals surface area contributed by atoms with Crippen molar-refractivity contribution in [3.63, 3.8) is 0 Å². The first-order valence-electron chi connectivity index (χ1n) is 10.3. The summed E-state index contributed by atoms with van der Waals surface area (Å²) in [7, 11) is 1.66. The van der Waals surface area contributed by atoms with Crippen LogP contribution in [0.4, 0.5) is 0 Å². The Balaban J connectivity index is 1.67. The first kappa shape index (κ1) is 21.1. The molecule has 0 saturated heterocycles. The topological polar surface area (TPSA) is 52.0 Å². The molecule has 2 aromatic heterocycles. The zero-order valence-electron chi connectivity index (χ0n) is 17.6. The van der Waals surface area contributed by atoms with Crippen molar-refractivity contribution in [2.24, 2.45) is 0 Å². The van der Waals surface area contributed by atoms with E-state index >= 15 is 0 Å². The van der Waals surface area contributed by atoms with Gasteiger partial charge in [0.2, 0.25) is 0 Å². The Morgan fingerprint density at radius 1 is 1.03 bits per heavy atom. The van der Waals surface area contributed by atoms with E-state index in [4.69, 9.17) is 21.4 Å². The molecule has 4 aromatic rings. The lowest BCUT2D eigenvalue weighted by Crippen LogP contribution is -2.20. The number of benzene rings is 2. The molecule has 0 amide bonds. The molecular weight excluding hydrogens is 408 g/mol. The number of hydrogen-bond acceptors (Lipinski definition) is 4. The van der Waals surface area contributed by atoms with Crippen LogP contribution in [0, 0.1) is 0 Å². The van der Waals surface area contributed by atoms with Crippen LogP contribution < -0.4 is 10.1 Å². The normalized spacial score (nSPS) is 12.0. The highest BCUT2D eigenvalue weighted by Gasteiger charge is 2.16. The summed E-state index contributed by atoms with van der Waals surface area (Å²) >= 11 is 6.52. The molecule has 0 saturated carbocycles. The number of hydrogen-bond donors (Lipinski definition) is 1. The Bertz CT molecular complexity index is 1130. The van der Waals surface area contributed by atoms with Crippen LogP contribution >= 0.6 is 11.6 Å². The Morgan fingerprint density at radius 3 is 2.45 bits per heavy atom. The van der Waals surface area contributed by atoms with Crippen molar-refractivity contribution in [1.82, 2.24) is 20.1 Å². The molecule has 0 bridgehead atoms. The molecule has 4 rings (SSSR count). The summed E-state index contributed by atoms with van der Waals surface area (Å²) in [5, 5.41) is 9.24. The van der Waals surface area contributed by atoms with E-state index in [1.165, 1.54) is 5.56 Å². The third kappa shape index (κ3) is 4.79. The van der Waals surface area contributed by atoms with Crippen molar-refractivity contribution in [2.75, 3.05) is 7.11 Å². The standard InChI is InChI=1S/C25H25ClN4O/c1-3-24(18-12-14-27-15-13-18)28-16-19-17-30(20-8-10-21(31-2)11-9-20)29-25(19)22-6-4-5-7-23(22)26/h4-15,17,24,28H,3,16H2,1-2H3. The molecular formula is C25H25ClN4O. The third-order valence-corrected chi connectivity index (χ3v) is 5.64. The molecule has 1 unspecified atom stereocenters. The minimum atomic E-state index is 0.228. The van der Waals surface area contributed by atoms with E-state index in [0.29, 0.717) is 11.6 Å². The molecule has 6 heteroatoms. The van der Waals surface area contributed by atoms with Gasteiger partial charge in [0, 0.05) is 42.3 Å². The highest BCUT2D eigenvalue weighted by molar-refractivity contribution is 6.33. The predicted molar refractivity (Wildman–Crippen MR) is 125 cm³/mol. The predicted octanol–water partition coefficient (Wildman–Crippen LogP) is 5.84. The van der Waals surface area contributed by atoms with Gasteiger partial charge in [-0.2, -0.15) is 5.10 Å². The number of aromatic nitrogens is 3. The fourth-order valence-electron chi connectivity index (χ4n) is 3.61. The summed E-state index contributed by atoms with van der Waals surface area (Å²) in [5.41, 5.74) is 5.06. The first-order chi connectivity index (χ1) is 15.2. The molecule has 0 radical (unpaired) electrons. The van der Waals surface area contributed by atoms with Crippen molar-refractivity contribution in [1.29, 1.82) is 0 Å². The van der Waals surface area contributed by atoms with Gasteiger partial charge in [-0.25, -0.2) is 4.68 Å². The van der Waals surface area contributed by atoms with Crippen LogP contribution in [0.25, 0.3) is 16.9 Å². The van der Waals surface area contributed by atoms with E-state index in [2.05, 4.69) is 35.6 Å². The minimum Gasteiger partial charge on any atom is -0.497 e. The van der Waals surface area contributed by atoms with Gasteiger partial charge in [0.05, 0.1) is 23.5 Å². The maximum atomic E-state index is 6.52. The number of pyridine rings is 1. The van der Waals surface area contributed by atoms with Crippen LogP contribution in [0.5, 0.6) is 5.75 Å². The average molecular weight is 433 g/mol. The van der Waals surface area contributed by atoms with Gasteiger partial charge in [-0.05, 0) is 54.4 Å². The van der Waals surface area contributed by atoms with Gasteiger partial charge in [-0.15, -0.1) is 0 Å². The molecule has 158 valence electrons. The minimum absolute atomic E-state index is 0.228. The quantitative estimate of drug-likeness (QED) is 0.380. The SMILES string of the molecule is CCC(NCc1cn(-c2ccc(OC)cc2)nc1-c1ccccc1Cl)c1ccncc1. The second-order valence-corrected chi connectivity index (χ2v) is 7.65. The molecule has 0 fully saturated rings. The maximum Gasteiger partial charge on any atom is 0.119 e. The molecule has 31 heavy (non-hydrogen) atoms. The van der Waals surface area contributed by atoms with Crippen LogP contribution in [0.1, 0.15) is 30.5 Å². The molecule has 0 aliphatic heterocycles. The fourth-order valence-corrected chi connectivity index (χ4v) is 3.84. The summed E-state index contributed by atoms with van der Waals surface area (Å²) in [6, 6.07) is 20.0.